The zero-order valence-corrected chi connectivity index (χ0v) is 32.9. The van der Waals surface area contributed by atoms with Crippen LogP contribution in [-0.2, 0) is 11.3 Å². The van der Waals surface area contributed by atoms with Crippen molar-refractivity contribution in [3.63, 3.8) is 0 Å². The number of carbonyl (C=O) groups is 2. The van der Waals surface area contributed by atoms with Crippen molar-refractivity contribution in [3.8, 4) is 22.9 Å². The molecule has 2 atom stereocenters. The van der Waals surface area contributed by atoms with Crippen molar-refractivity contribution in [1.29, 1.82) is 0 Å². The Bertz CT molecular complexity index is 2590. The third-order valence-corrected chi connectivity index (χ3v) is 10.4. The van der Waals surface area contributed by atoms with Gasteiger partial charge in [0.25, 0.3) is 11.5 Å². The number of carbonyl (C=O) groups excluding carboxylic acids is 2. The second-order valence-electron chi connectivity index (χ2n) is 15.5. The number of fused-ring (bicyclic) bond motifs is 2. The summed E-state index contributed by atoms with van der Waals surface area (Å²) in [6.45, 7) is 7.80. The highest BCUT2D eigenvalue weighted by Gasteiger charge is 2.43. The Kier molecular flexibility index (Phi) is 10.5. The maximum Gasteiger partial charge on any atom is 0.410 e. The summed E-state index contributed by atoms with van der Waals surface area (Å²) in [6, 6.07) is 19.6. The minimum absolute atomic E-state index is 0.0325. The molecule has 0 radical (unpaired) electrons. The minimum atomic E-state index is -0.786. The maximum absolute atomic E-state index is 15.9. The van der Waals surface area contributed by atoms with Gasteiger partial charge in [-0.25, -0.2) is 23.2 Å². The van der Waals surface area contributed by atoms with Crippen LogP contribution in [-0.4, -0.2) is 79.8 Å². The molecule has 59 heavy (non-hydrogen) atoms. The zero-order chi connectivity index (χ0) is 41.4. The number of pyridine rings is 1. The van der Waals surface area contributed by atoms with Crippen LogP contribution < -0.4 is 25.2 Å². The lowest BCUT2D eigenvalue weighted by Crippen LogP contribution is -2.48. The number of methoxy groups -OCH3 is 1. The molecule has 2 aliphatic heterocycles. The van der Waals surface area contributed by atoms with Crippen LogP contribution in [0.4, 0.5) is 25.1 Å². The number of amides is 2. The number of aromatic nitrogens is 5. The second kappa shape index (κ2) is 15.8. The summed E-state index contributed by atoms with van der Waals surface area (Å²) >= 11 is 0. The first-order valence-corrected chi connectivity index (χ1v) is 19.2. The molecule has 2 unspecified atom stereocenters. The number of halogens is 2. The fourth-order valence-corrected chi connectivity index (χ4v) is 7.63. The Labute approximate surface area is 337 Å². The van der Waals surface area contributed by atoms with Gasteiger partial charge in [-0.15, -0.1) is 0 Å². The van der Waals surface area contributed by atoms with E-state index in [0.29, 0.717) is 55.2 Å². The van der Waals surface area contributed by atoms with Gasteiger partial charge in [-0.1, -0.05) is 12.1 Å². The summed E-state index contributed by atoms with van der Waals surface area (Å²) in [5.41, 5.74) is 0.263. The van der Waals surface area contributed by atoms with Gasteiger partial charge in [0.15, 0.2) is 23.0 Å². The molecule has 0 saturated carbocycles. The number of piperidine rings is 1. The molecule has 16 heteroatoms. The SMILES string of the molecule is COc1ccc(Cn2nc(N3CCC4C(CCN4C(=O)OC(C)(C)C)C3)c3c(Oc4ccc(NC(=O)c5ccnn(-c6ccc(F)cc6)c5=O)cc4F)ccnc32)cc1. The summed E-state index contributed by atoms with van der Waals surface area (Å²) in [5.74, 6) is -0.311. The Balaban J connectivity index is 1.06. The first-order chi connectivity index (χ1) is 28.3. The van der Waals surface area contributed by atoms with Gasteiger partial charge in [0.05, 0.1) is 19.3 Å². The van der Waals surface area contributed by atoms with E-state index < -0.39 is 28.7 Å². The van der Waals surface area contributed by atoms with E-state index in [1.165, 1.54) is 48.7 Å². The Hall–Kier alpha value is -6.84. The lowest BCUT2D eigenvalue weighted by atomic mass is 9.93. The number of benzene rings is 3. The first kappa shape index (κ1) is 39.0. The lowest BCUT2D eigenvalue weighted by Gasteiger charge is -2.38. The van der Waals surface area contributed by atoms with E-state index in [9.17, 15) is 18.8 Å². The largest absolute Gasteiger partial charge is 0.497 e. The average Bonchev–Trinajstić information content (AvgIpc) is 3.81. The Morgan fingerprint density at radius 3 is 2.42 bits per heavy atom. The topological polar surface area (TPSA) is 146 Å². The molecule has 0 bridgehead atoms. The van der Waals surface area contributed by atoms with Gasteiger partial charge >= 0.3 is 6.09 Å². The van der Waals surface area contributed by atoms with E-state index in [4.69, 9.17) is 24.3 Å². The van der Waals surface area contributed by atoms with Gasteiger partial charge in [-0.05, 0) is 99.7 Å². The molecular formula is C43H42F2N8O6. The molecule has 2 aliphatic rings. The number of likely N-dealkylation sites (tertiary alicyclic amines) is 1. The van der Waals surface area contributed by atoms with Gasteiger partial charge in [0, 0.05) is 55.9 Å². The van der Waals surface area contributed by atoms with Gasteiger partial charge in [0.1, 0.15) is 33.9 Å². The van der Waals surface area contributed by atoms with Crippen molar-refractivity contribution < 1.29 is 32.6 Å². The molecule has 1 N–H and O–H groups in total. The van der Waals surface area contributed by atoms with E-state index in [1.807, 2.05) is 49.9 Å². The van der Waals surface area contributed by atoms with Crippen molar-refractivity contribution in [1.82, 2.24) is 29.4 Å². The second-order valence-corrected chi connectivity index (χ2v) is 15.5. The van der Waals surface area contributed by atoms with Crippen LogP contribution in [0, 0.1) is 17.6 Å². The molecule has 2 saturated heterocycles. The zero-order valence-electron chi connectivity index (χ0n) is 32.9. The number of anilines is 2. The molecule has 3 aromatic heterocycles. The van der Waals surface area contributed by atoms with Gasteiger partial charge < -0.3 is 29.3 Å². The molecule has 0 spiro atoms. The highest BCUT2D eigenvalue weighted by Crippen LogP contribution is 2.41. The van der Waals surface area contributed by atoms with Crippen molar-refractivity contribution in [2.24, 2.45) is 5.92 Å². The smallest absolute Gasteiger partial charge is 0.410 e. The monoisotopic (exact) mass is 804 g/mol. The van der Waals surface area contributed by atoms with Crippen LogP contribution in [0.5, 0.6) is 17.2 Å². The number of nitrogens with zero attached hydrogens (tertiary/aromatic N) is 7. The molecule has 5 heterocycles. The summed E-state index contributed by atoms with van der Waals surface area (Å²) in [5, 5.41) is 12.2. The number of hydrogen-bond donors (Lipinski definition) is 1. The molecular weight excluding hydrogens is 763 g/mol. The first-order valence-electron chi connectivity index (χ1n) is 19.2. The molecule has 304 valence electrons. The number of ether oxygens (including phenoxy) is 3. The fourth-order valence-electron chi connectivity index (χ4n) is 7.63. The van der Waals surface area contributed by atoms with Crippen molar-refractivity contribution in [2.75, 3.05) is 37.0 Å². The van der Waals surface area contributed by atoms with Crippen LogP contribution >= 0.6 is 0 Å². The highest BCUT2D eigenvalue weighted by atomic mass is 19.1. The predicted molar refractivity (Wildman–Crippen MR) is 216 cm³/mol. The summed E-state index contributed by atoms with van der Waals surface area (Å²) < 4.78 is 49.4. The van der Waals surface area contributed by atoms with Crippen molar-refractivity contribution >= 4 is 34.5 Å². The molecule has 6 aromatic rings. The molecule has 0 aliphatic carbocycles. The maximum atomic E-state index is 15.9. The van der Waals surface area contributed by atoms with Crippen LogP contribution in [0.3, 0.4) is 0 Å². The van der Waals surface area contributed by atoms with E-state index >= 15 is 4.39 Å². The average molecular weight is 805 g/mol. The van der Waals surface area contributed by atoms with Crippen molar-refractivity contribution in [3.05, 3.63) is 124 Å². The number of hydrogen-bond acceptors (Lipinski definition) is 10. The van der Waals surface area contributed by atoms with Crippen LogP contribution in [0.25, 0.3) is 16.7 Å². The quantitative estimate of drug-likeness (QED) is 0.159. The van der Waals surface area contributed by atoms with E-state index in [2.05, 4.69) is 15.3 Å². The van der Waals surface area contributed by atoms with Crippen LogP contribution in [0.2, 0.25) is 0 Å². The van der Waals surface area contributed by atoms with E-state index in [1.54, 1.807) is 24.1 Å². The number of rotatable bonds is 9. The molecule has 14 nitrogen and oxygen atoms in total. The van der Waals surface area contributed by atoms with Crippen LogP contribution in [0.1, 0.15) is 49.5 Å². The Morgan fingerprint density at radius 1 is 0.915 bits per heavy atom. The normalized spacial score (nSPS) is 16.5. The molecule has 8 rings (SSSR count). The third-order valence-electron chi connectivity index (χ3n) is 10.4. The van der Waals surface area contributed by atoms with E-state index in [0.717, 1.165) is 28.5 Å². The Morgan fingerprint density at radius 2 is 1.69 bits per heavy atom. The third kappa shape index (κ3) is 8.15. The van der Waals surface area contributed by atoms with Crippen molar-refractivity contribution in [2.45, 2.75) is 51.8 Å². The van der Waals surface area contributed by atoms with Gasteiger partial charge in [-0.2, -0.15) is 14.9 Å². The van der Waals surface area contributed by atoms with Gasteiger partial charge in [-0.3, -0.25) is 9.59 Å². The number of nitrogens with one attached hydrogen (secondary N) is 1. The summed E-state index contributed by atoms with van der Waals surface area (Å²) in [4.78, 5) is 48.2. The van der Waals surface area contributed by atoms with Gasteiger partial charge in [0.2, 0.25) is 0 Å². The lowest BCUT2D eigenvalue weighted by molar-refractivity contribution is 0.0194. The highest BCUT2D eigenvalue weighted by molar-refractivity contribution is 6.04. The molecule has 2 fully saturated rings. The summed E-state index contributed by atoms with van der Waals surface area (Å²) in [6.07, 6.45) is 4.06. The van der Waals surface area contributed by atoms with E-state index in [-0.39, 0.29) is 40.7 Å². The van der Waals surface area contributed by atoms with Crippen LogP contribution in [0.15, 0.2) is 96.1 Å². The molecule has 2 amide bonds. The standard InChI is InChI=1S/C43H42F2N8O6/c1-43(2,3)59-42(56)51-22-17-27-25-50(21-18-34(27)51)39-37-36(16-19-46-38(37)52(49-39)24-26-5-12-31(57-4)13-6-26)58-35-14-9-29(23-33(35)45)48-40(54)32-15-20-47-53(41(32)55)30-10-7-28(44)8-11-30/h5-16,19-20,23,27,34H,17-18,21-22,24-25H2,1-4H3,(H,48,54). The predicted octanol–water partition coefficient (Wildman–Crippen LogP) is 7.19. The summed E-state index contributed by atoms with van der Waals surface area (Å²) in [7, 11) is 1.61. The molecule has 3 aromatic carbocycles. The minimum Gasteiger partial charge on any atom is -0.497 e. The fraction of sp³-hybridized carbons (Fsp3) is 0.302.